The minimum atomic E-state index is 0.334. The van der Waals surface area contributed by atoms with Gasteiger partial charge in [0.2, 0.25) is 5.62 Å². The number of nitrogens with zero attached hydrogens (tertiary/aromatic N) is 5. The van der Waals surface area contributed by atoms with Gasteiger partial charge in [0, 0.05) is 19.0 Å². The summed E-state index contributed by atoms with van der Waals surface area (Å²) in [7, 11) is 6.02. The highest BCUT2D eigenvalue weighted by Gasteiger charge is 2.17. The third-order valence-corrected chi connectivity index (χ3v) is 6.27. The number of benzene rings is 3. The molecule has 0 bridgehead atoms. The average Bonchev–Trinajstić information content (AvgIpc) is 3.09. The third kappa shape index (κ3) is 3.57. The normalized spacial score (nSPS) is 11.4. The lowest BCUT2D eigenvalue weighted by Crippen LogP contribution is -2.21. The number of hydrogen-bond acceptors (Lipinski definition) is 4. The molecule has 2 heterocycles. The van der Waals surface area contributed by atoms with Crippen molar-refractivity contribution < 1.29 is 0 Å². The van der Waals surface area contributed by atoms with Gasteiger partial charge in [-0.1, -0.05) is 30.3 Å². The average molecular weight is 447 g/mol. The summed E-state index contributed by atoms with van der Waals surface area (Å²) in [6.07, 6.45) is 1.83. The second kappa shape index (κ2) is 8.29. The lowest BCUT2D eigenvalue weighted by Gasteiger charge is -2.12. The SMILES string of the molecule is Cc1ccc(C#N)cc1-n1c(=N)n(C)c2cnc3ccc(-c4cccc(CN(C)C)c4)cc3c21. The summed E-state index contributed by atoms with van der Waals surface area (Å²) in [5, 5.41) is 19.3. The van der Waals surface area contributed by atoms with Crippen LogP contribution in [0.15, 0.2) is 66.9 Å². The second-order valence-electron chi connectivity index (χ2n) is 8.99. The first-order valence-corrected chi connectivity index (χ1v) is 11.2. The predicted octanol–water partition coefficient (Wildman–Crippen LogP) is 4.91. The van der Waals surface area contributed by atoms with E-state index in [1.807, 2.05) is 53.6 Å². The highest BCUT2D eigenvalue weighted by Crippen LogP contribution is 2.31. The van der Waals surface area contributed by atoms with E-state index < -0.39 is 0 Å². The molecule has 0 saturated heterocycles. The van der Waals surface area contributed by atoms with E-state index in [2.05, 4.69) is 66.4 Å². The maximum Gasteiger partial charge on any atom is 0.207 e. The molecule has 5 rings (SSSR count). The molecule has 0 atom stereocenters. The van der Waals surface area contributed by atoms with Crippen LogP contribution in [0.5, 0.6) is 0 Å². The first-order valence-electron chi connectivity index (χ1n) is 11.2. The summed E-state index contributed by atoms with van der Waals surface area (Å²) in [5.41, 5.74) is 8.91. The Labute approximate surface area is 198 Å². The van der Waals surface area contributed by atoms with E-state index in [0.29, 0.717) is 11.2 Å². The van der Waals surface area contributed by atoms with Crippen LogP contribution in [0.25, 0.3) is 38.8 Å². The zero-order valence-corrected chi connectivity index (χ0v) is 19.8. The van der Waals surface area contributed by atoms with Gasteiger partial charge >= 0.3 is 0 Å². The van der Waals surface area contributed by atoms with E-state index in [1.165, 1.54) is 5.56 Å². The predicted molar refractivity (Wildman–Crippen MR) is 136 cm³/mol. The molecule has 0 aliphatic rings. The Kier molecular flexibility index (Phi) is 5.27. The van der Waals surface area contributed by atoms with E-state index in [4.69, 9.17) is 5.41 Å². The van der Waals surface area contributed by atoms with Gasteiger partial charge < -0.3 is 9.47 Å². The molecule has 3 aromatic carbocycles. The maximum absolute atomic E-state index is 9.47. The number of nitriles is 1. The van der Waals surface area contributed by atoms with Crippen LogP contribution >= 0.6 is 0 Å². The Bertz CT molecular complexity index is 1660. The number of rotatable bonds is 4. The van der Waals surface area contributed by atoms with Gasteiger partial charge in [0.1, 0.15) is 0 Å². The summed E-state index contributed by atoms with van der Waals surface area (Å²) in [5.74, 6) is 0. The number of nitrogens with one attached hydrogen (secondary N) is 1. The van der Waals surface area contributed by atoms with Crippen LogP contribution in [0.4, 0.5) is 0 Å². The van der Waals surface area contributed by atoms with Crippen molar-refractivity contribution in [3.8, 4) is 22.9 Å². The van der Waals surface area contributed by atoms with Crippen molar-refractivity contribution >= 4 is 21.9 Å². The van der Waals surface area contributed by atoms with Gasteiger partial charge in [0.05, 0.1) is 40.1 Å². The summed E-state index contributed by atoms with van der Waals surface area (Å²) < 4.78 is 3.77. The van der Waals surface area contributed by atoms with Crippen molar-refractivity contribution in [2.75, 3.05) is 14.1 Å². The van der Waals surface area contributed by atoms with Crippen LogP contribution in [0.3, 0.4) is 0 Å². The van der Waals surface area contributed by atoms with Gasteiger partial charge in [-0.2, -0.15) is 5.26 Å². The van der Waals surface area contributed by atoms with Crippen molar-refractivity contribution in [2.24, 2.45) is 7.05 Å². The van der Waals surface area contributed by atoms with Crippen molar-refractivity contribution in [3.63, 3.8) is 0 Å². The smallest absolute Gasteiger partial charge is 0.207 e. The summed E-state index contributed by atoms with van der Waals surface area (Å²) in [4.78, 5) is 6.85. The standard InChI is InChI=1S/C28H26N6/c1-18-8-9-19(15-29)13-25(18)34-27-23-14-22(21-7-5-6-20(12-21)17-32(2)3)10-11-24(23)31-16-26(27)33(4)28(34)30/h5-14,16,30H,17H2,1-4H3. The van der Waals surface area contributed by atoms with Crippen molar-refractivity contribution in [1.82, 2.24) is 19.0 Å². The van der Waals surface area contributed by atoms with Crippen LogP contribution in [0.1, 0.15) is 16.7 Å². The Morgan fingerprint density at radius 2 is 1.82 bits per heavy atom. The fourth-order valence-corrected chi connectivity index (χ4v) is 4.57. The summed E-state index contributed by atoms with van der Waals surface area (Å²) in [6.45, 7) is 2.88. The number of fused-ring (bicyclic) bond motifs is 3. The highest BCUT2D eigenvalue weighted by atomic mass is 15.2. The van der Waals surface area contributed by atoms with Gasteiger partial charge in [-0.15, -0.1) is 0 Å². The largest absolute Gasteiger partial charge is 0.312 e. The van der Waals surface area contributed by atoms with Crippen LogP contribution in [-0.4, -0.2) is 33.1 Å². The molecule has 6 heteroatoms. The number of imidazole rings is 1. The van der Waals surface area contributed by atoms with E-state index in [0.717, 1.165) is 50.9 Å². The van der Waals surface area contributed by atoms with Crippen molar-refractivity contribution in [1.29, 1.82) is 10.7 Å². The molecule has 5 aromatic rings. The second-order valence-corrected chi connectivity index (χ2v) is 8.99. The Morgan fingerprint density at radius 1 is 1.03 bits per heavy atom. The Balaban J connectivity index is 1.81. The maximum atomic E-state index is 9.47. The van der Waals surface area contributed by atoms with E-state index in [1.54, 1.807) is 0 Å². The van der Waals surface area contributed by atoms with Gasteiger partial charge in [-0.25, -0.2) is 0 Å². The zero-order valence-electron chi connectivity index (χ0n) is 19.8. The Morgan fingerprint density at radius 3 is 2.59 bits per heavy atom. The van der Waals surface area contributed by atoms with Gasteiger partial charge in [-0.05, 0) is 73.6 Å². The van der Waals surface area contributed by atoms with Crippen LogP contribution < -0.4 is 5.62 Å². The summed E-state index contributed by atoms with van der Waals surface area (Å²) >= 11 is 0. The van der Waals surface area contributed by atoms with Gasteiger partial charge in [0.25, 0.3) is 0 Å². The van der Waals surface area contributed by atoms with Crippen molar-refractivity contribution in [3.05, 3.63) is 89.2 Å². The first kappa shape index (κ1) is 21.6. The minimum absolute atomic E-state index is 0.334. The van der Waals surface area contributed by atoms with Crippen LogP contribution in [-0.2, 0) is 13.6 Å². The first-order chi connectivity index (χ1) is 16.4. The topological polar surface area (TPSA) is 73.6 Å². The lowest BCUT2D eigenvalue weighted by atomic mass is 10.0. The molecule has 0 unspecified atom stereocenters. The fraction of sp³-hybridized carbons (Fsp3) is 0.179. The molecule has 0 aliphatic heterocycles. The molecule has 2 aromatic heterocycles. The molecule has 168 valence electrons. The van der Waals surface area contributed by atoms with Crippen molar-refractivity contribution in [2.45, 2.75) is 13.5 Å². The molecule has 0 spiro atoms. The fourth-order valence-electron chi connectivity index (χ4n) is 4.57. The lowest BCUT2D eigenvalue weighted by molar-refractivity contribution is 0.402. The van der Waals surface area contributed by atoms with Crippen LogP contribution in [0, 0.1) is 23.7 Å². The summed E-state index contributed by atoms with van der Waals surface area (Å²) in [6, 6.07) is 22.7. The Hall–Kier alpha value is -4.21. The molecule has 0 amide bonds. The molecule has 0 fully saturated rings. The zero-order chi connectivity index (χ0) is 24.0. The highest BCUT2D eigenvalue weighted by molar-refractivity contribution is 6.04. The molecule has 0 radical (unpaired) electrons. The monoisotopic (exact) mass is 446 g/mol. The van der Waals surface area contributed by atoms with E-state index in [-0.39, 0.29) is 0 Å². The molecular weight excluding hydrogens is 420 g/mol. The molecule has 6 nitrogen and oxygen atoms in total. The van der Waals surface area contributed by atoms with E-state index in [9.17, 15) is 5.26 Å². The van der Waals surface area contributed by atoms with Crippen LogP contribution in [0.2, 0.25) is 0 Å². The number of hydrogen-bond donors (Lipinski definition) is 1. The number of aromatic nitrogens is 3. The molecule has 34 heavy (non-hydrogen) atoms. The minimum Gasteiger partial charge on any atom is -0.312 e. The van der Waals surface area contributed by atoms with Gasteiger partial charge in [0.15, 0.2) is 0 Å². The quantitative estimate of drug-likeness (QED) is 0.426. The van der Waals surface area contributed by atoms with E-state index >= 15 is 0 Å². The molecule has 0 saturated carbocycles. The van der Waals surface area contributed by atoms with Gasteiger partial charge in [-0.3, -0.25) is 15.0 Å². The third-order valence-electron chi connectivity index (χ3n) is 6.27. The number of pyridine rings is 1. The number of aryl methyl sites for hydroxylation is 2. The molecular formula is C28H26N6. The molecule has 0 aliphatic carbocycles. The molecule has 1 N–H and O–H groups in total.